The maximum Gasteiger partial charge on any atom is 0.264 e. The van der Waals surface area contributed by atoms with Crippen molar-refractivity contribution >= 4 is 20.0 Å². The molecule has 0 N–H and O–H groups in total. The molecule has 0 amide bonds. The molecule has 1 heterocycles. The van der Waals surface area contributed by atoms with E-state index in [4.69, 9.17) is 4.18 Å². The molecule has 7 heteroatoms. The third kappa shape index (κ3) is 2.67. The molecule has 0 radical (unpaired) electrons. The van der Waals surface area contributed by atoms with Gasteiger partial charge in [0.05, 0.1) is 16.9 Å². The van der Waals surface area contributed by atoms with Gasteiger partial charge in [-0.2, -0.15) is 8.42 Å². The lowest BCUT2D eigenvalue weighted by atomic mass is 10.1. The summed E-state index contributed by atoms with van der Waals surface area (Å²) in [5.74, 6) is -0.0931. The molecule has 1 unspecified atom stereocenters. The maximum atomic E-state index is 11.8. The van der Waals surface area contributed by atoms with Gasteiger partial charge in [0.15, 0.2) is 9.84 Å². The summed E-state index contributed by atoms with van der Waals surface area (Å²) in [6.07, 6.45) is 0.412. The van der Waals surface area contributed by atoms with Crippen LogP contribution >= 0.6 is 0 Å². The van der Waals surface area contributed by atoms with Gasteiger partial charge in [0, 0.05) is 5.56 Å². The van der Waals surface area contributed by atoms with E-state index in [1.807, 2.05) is 0 Å². The van der Waals surface area contributed by atoms with Crippen LogP contribution in [0.15, 0.2) is 29.2 Å². The number of benzene rings is 1. The van der Waals surface area contributed by atoms with Crippen LogP contribution in [-0.4, -0.2) is 28.8 Å². The van der Waals surface area contributed by atoms with Crippen molar-refractivity contribution in [3.8, 4) is 0 Å². The van der Waals surface area contributed by atoms with Crippen molar-refractivity contribution in [2.24, 2.45) is 0 Å². The van der Waals surface area contributed by atoms with E-state index in [-0.39, 0.29) is 17.1 Å². The van der Waals surface area contributed by atoms with Gasteiger partial charge in [-0.3, -0.25) is 4.18 Å². The molecule has 0 bridgehead atoms. The Balaban J connectivity index is 2.49. The van der Waals surface area contributed by atoms with Crippen LogP contribution in [0.4, 0.5) is 0 Å². The van der Waals surface area contributed by atoms with E-state index in [0.29, 0.717) is 5.56 Å². The summed E-state index contributed by atoms with van der Waals surface area (Å²) in [4.78, 5) is 0.167. The van der Waals surface area contributed by atoms with E-state index in [1.165, 1.54) is 6.07 Å². The first-order valence-corrected chi connectivity index (χ1v) is 8.46. The van der Waals surface area contributed by atoms with Gasteiger partial charge in [-0.15, -0.1) is 0 Å². The fourth-order valence-corrected chi connectivity index (χ4v) is 4.08. The largest absolute Gasteiger partial charge is 0.264 e. The van der Waals surface area contributed by atoms with Gasteiger partial charge in [0.1, 0.15) is 6.10 Å². The Bertz CT molecular complexity index is 630. The molecule has 2 rings (SSSR count). The minimum Gasteiger partial charge on any atom is -0.262 e. The summed E-state index contributed by atoms with van der Waals surface area (Å²) in [6, 6.07) is 6.34. The Morgan fingerprint density at radius 1 is 1.29 bits per heavy atom. The summed E-state index contributed by atoms with van der Waals surface area (Å²) in [7, 11) is -6.90. The van der Waals surface area contributed by atoms with Crippen molar-refractivity contribution in [2.45, 2.75) is 17.4 Å². The molecule has 94 valence electrons. The van der Waals surface area contributed by atoms with Crippen LogP contribution in [0.25, 0.3) is 0 Å². The van der Waals surface area contributed by atoms with Crippen molar-refractivity contribution in [2.75, 3.05) is 12.0 Å². The lowest BCUT2D eigenvalue weighted by Crippen LogP contribution is -2.23. The lowest BCUT2D eigenvalue weighted by molar-refractivity contribution is 0.205. The average Bonchev–Trinajstić information content (AvgIpc) is 2.21. The van der Waals surface area contributed by atoms with Crippen molar-refractivity contribution in [3.63, 3.8) is 0 Å². The van der Waals surface area contributed by atoms with Crippen LogP contribution in [0, 0.1) is 0 Å². The average molecular weight is 276 g/mol. The van der Waals surface area contributed by atoms with Gasteiger partial charge < -0.3 is 0 Å². The second-order valence-electron chi connectivity index (χ2n) is 3.93. The second kappa shape index (κ2) is 4.08. The van der Waals surface area contributed by atoms with Gasteiger partial charge in [-0.05, 0) is 12.5 Å². The fourth-order valence-electron chi connectivity index (χ4n) is 1.87. The summed E-state index contributed by atoms with van der Waals surface area (Å²) in [6.45, 7) is 0. The van der Waals surface area contributed by atoms with Crippen LogP contribution < -0.4 is 0 Å². The van der Waals surface area contributed by atoms with Gasteiger partial charge in [-0.1, -0.05) is 18.2 Å². The Labute approximate surface area is 100 Å². The SMILES string of the molecule is CS(=O)(=O)OC1CCS(=O)(=O)c2ccccc21. The van der Waals surface area contributed by atoms with E-state index < -0.39 is 26.1 Å². The van der Waals surface area contributed by atoms with Gasteiger partial charge in [-0.25, -0.2) is 8.42 Å². The first kappa shape index (κ1) is 12.5. The standard InChI is InChI=1S/C10H12O5S2/c1-16(11,12)15-9-6-7-17(13,14)10-5-3-2-4-8(9)10/h2-5,9H,6-7H2,1H3. The highest BCUT2D eigenvalue weighted by Gasteiger charge is 2.32. The molecular formula is C10H12O5S2. The molecule has 1 atom stereocenters. The minimum absolute atomic E-state index is 0.0931. The zero-order chi connectivity index (χ0) is 12.7. The first-order chi connectivity index (χ1) is 7.80. The third-order valence-corrected chi connectivity index (χ3v) is 4.94. The van der Waals surface area contributed by atoms with E-state index in [1.54, 1.807) is 18.2 Å². The van der Waals surface area contributed by atoms with Gasteiger partial charge in [0.25, 0.3) is 10.1 Å². The minimum atomic E-state index is -3.60. The molecule has 17 heavy (non-hydrogen) atoms. The monoisotopic (exact) mass is 276 g/mol. The molecule has 0 aromatic heterocycles. The molecule has 0 aliphatic carbocycles. The summed E-state index contributed by atoms with van der Waals surface area (Å²) < 4.78 is 50.7. The molecule has 0 fully saturated rings. The van der Waals surface area contributed by atoms with Crippen LogP contribution in [-0.2, 0) is 24.1 Å². The van der Waals surface area contributed by atoms with Crippen molar-refractivity contribution in [3.05, 3.63) is 29.8 Å². The van der Waals surface area contributed by atoms with E-state index in [9.17, 15) is 16.8 Å². The molecule has 1 aliphatic rings. The highest BCUT2D eigenvalue weighted by Crippen LogP contribution is 2.34. The zero-order valence-electron chi connectivity index (χ0n) is 9.16. The topological polar surface area (TPSA) is 77.5 Å². The Morgan fingerprint density at radius 3 is 2.59 bits per heavy atom. The van der Waals surface area contributed by atoms with E-state index >= 15 is 0 Å². The molecular weight excluding hydrogens is 264 g/mol. The number of rotatable bonds is 2. The predicted octanol–water partition coefficient (Wildman–Crippen LogP) is 0.881. The zero-order valence-corrected chi connectivity index (χ0v) is 10.8. The number of hydrogen-bond acceptors (Lipinski definition) is 5. The van der Waals surface area contributed by atoms with Crippen LogP contribution in [0.1, 0.15) is 18.1 Å². The molecule has 1 aromatic carbocycles. The van der Waals surface area contributed by atoms with Crippen molar-refractivity contribution < 1.29 is 21.0 Å². The smallest absolute Gasteiger partial charge is 0.262 e. The quantitative estimate of drug-likeness (QED) is 0.749. The Morgan fingerprint density at radius 2 is 1.94 bits per heavy atom. The summed E-state index contributed by atoms with van der Waals surface area (Å²) in [5.41, 5.74) is 0.421. The summed E-state index contributed by atoms with van der Waals surface area (Å²) >= 11 is 0. The maximum absolute atomic E-state index is 11.8. The highest BCUT2D eigenvalue weighted by molar-refractivity contribution is 7.91. The van der Waals surface area contributed by atoms with Crippen molar-refractivity contribution in [1.29, 1.82) is 0 Å². The van der Waals surface area contributed by atoms with Crippen molar-refractivity contribution in [1.82, 2.24) is 0 Å². The Kier molecular flexibility index (Phi) is 3.01. The number of hydrogen-bond donors (Lipinski definition) is 0. The second-order valence-corrected chi connectivity index (χ2v) is 7.61. The lowest BCUT2D eigenvalue weighted by Gasteiger charge is -2.24. The highest BCUT2D eigenvalue weighted by atomic mass is 32.2. The van der Waals surface area contributed by atoms with E-state index in [2.05, 4.69) is 0 Å². The van der Waals surface area contributed by atoms with Gasteiger partial charge in [0.2, 0.25) is 0 Å². The fraction of sp³-hybridized carbons (Fsp3) is 0.400. The third-order valence-electron chi connectivity index (χ3n) is 2.54. The summed E-state index contributed by atoms with van der Waals surface area (Å²) in [5, 5.41) is 0. The molecule has 0 saturated heterocycles. The molecule has 0 spiro atoms. The molecule has 1 aromatic rings. The van der Waals surface area contributed by atoms with Crippen LogP contribution in [0.5, 0.6) is 0 Å². The van der Waals surface area contributed by atoms with Gasteiger partial charge >= 0.3 is 0 Å². The van der Waals surface area contributed by atoms with Crippen LogP contribution in [0.2, 0.25) is 0 Å². The molecule has 1 aliphatic heterocycles. The number of sulfone groups is 1. The Hall–Kier alpha value is -0.920. The molecule has 5 nitrogen and oxygen atoms in total. The predicted molar refractivity (Wildman–Crippen MR) is 61.8 cm³/mol. The number of fused-ring (bicyclic) bond motifs is 1. The normalized spacial score (nSPS) is 23.0. The van der Waals surface area contributed by atoms with Crippen LogP contribution in [0.3, 0.4) is 0 Å². The first-order valence-electron chi connectivity index (χ1n) is 4.99. The van der Waals surface area contributed by atoms with E-state index in [0.717, 1.165) is 6.26 Å². The molecule has 0 saturated carbocycles.